The summed E-state index contributed by atoms with van der Waals surface area (Å²) in [6.45, 7) is 5.63. The van der Waals surface area contributed by atoms with E-state index in [1.807, 2.05) is 0 Å². The normalized spacial score (nSPS) is 26.2. The van der Waals surface area contributed by atoms with Gasteiger partial charge in [0.1, 0.15) is 0 Å². The van der Waals surface area contributed by atoms with Gasteiger partial charge in [-0.25, -0.2) is 0 Å². The first-order valence-electron chi connectivity index (χ1n) is 7.17. The van der Waals surface area contributed by atoms with Crippen LogP contribution in [0.15, 0.2) is 0 Å². The largest absolute Gasteiger partial charge is 0.393 e. The number of hydrogen-bond donors (Lipinski definition) is 2. The van der Waals surface area contributed by atoms with E-state index in [9.17, 15) is 5.11 Å². The van der Waals surface area contributed by atoms with Crippen LogP contribution < -0.4 is 5.32 Å². The summed E-state index contributed by atoms with van der Waals surface area (Å²) in [5.41, 5.74) is 0. The maximum absolute atomic E-state index is 9.62. The Hall–Kier alpha value is -0.0800. The molecule has 0 radical (unpaired) electrons. The van der Waals surface area contributed by atoms with Crippen molar-refractivity contribution in [3.63, 3.8) is 0 Å². The minimum Gasteiger partial charge on any atom is -0.393 e. The van der Waals surface area contributed by atoms with Gasteiger partial charge in [-0.05, 0) is 44.6 Å². The molecule has 0 saturated heterocycles. The van der Waals surface area contributed by atoms with Crippen molar-refractivity contribution >= 4 is 0 Å². The van der Waals surface area contributed by atoms with Gasteiger partial charge in [-0.15, -0.1) is 0 Å². The van der Waals surface area contributed by atoms with Gasteiger partial charge in [-0.1, -0.05) is 33.1 Å². The van der Waals surface area contributed by atoms with Crippen molar-refractivity contribution in [2.45, 2.75) is 77.4 Å². The molecule has 1 rings (SSSR count). The molecule has 2 nitrogen and oxygen atoms in total. The van der Waals surface area contributed by atoms with Gasteiger partial charge in [0, 0.05) is 6.04 Å². The molecule has 96 valence electrons. The highest BCUT2D eigenvalue weighted by molar-refractivity contribution is 4.76. The Bertz CT molecular complexity index is 161. The Kier molecular flexibility index (Phi) is 7.06. The molecule has 2 N–H and O–H groups in total. The number of aliphatic hydroxyl groups excluding tert-OH is 1. The van der Waals surface area contributed by atoms with Gasteiger partial charge in [0.05, 0.1) is 6.10 Å². The fourth-order valence-electron chi connectivity index (χ4n) is 2.83. The molecule has 1 aliphatic carbocycles. The Morgan fingerprint density at radius 1 is 1.19 bits per heavy atom. The number of aliphatic hydroxyl groups is 1. The second-order valence-electron chi connectivity index (χ2n) is 5.37. The highest BCUT2D eigenvalue weighted by atomic mass is 16.3. The summed E-state index contributed by atoms with van der Waals surface area (Å²) >= 11 is 0. The van der Waals surface area contributed by atoms with Crippen molar-refractivity contribution in [3.05, 3.63) is 0 Å². The van der Waals surface area contributed by atoms with Crippen molar-refractivity contribution in [2.24, 2.45) is 5.92 Å². The summed E-state index contributed by atoms with van der Waals surface area (Å²) in [6.07, 6.45) is 9.63. The van der Waals surface area contributed by atoms with Crippen LogP contribution in [0.4, 0.5) is 0 Å². The molecule has 0 aromatic rings. The van der Waals surface area contributed by atoms with Gasteiger partial charge < -0.3 is 10.4 Å². The average Bonchev–Trinajstić information content (AvgIpc) is 2.27. The third-order valence-corrected chi connectivity index (χ3v) is 3.72. The Balaban J connectivity index is 2.19. The molecule has 0 amide bonds. The Morgan fingerprint density at radius 3 is 2.44 bits per heavy atom. The third-order valence-electron chi connectivity index (χ3n) is 3.72. The van der Waals surface area contributed by atoms with Gasteiger partial charge in [-0.2, -0.15) is 0 Å². The lowest BCUT2D eigenvalue weighted by Gasteiger charge is -2.28. The highest BCUT2D eigenvalue weighted by Crippen LogP contribution is 2.23. The molecule has 0 aromatic heterocycles. The number of rotatable bonds is 7. The molecule has 2 unspecified atom stereocenters. The summed E-state index contributed by atoms with van der Waals surface area (Å²) in [6, 6.07) is 0.703. The van der Waals surface area contributed by atoms with Crippen LogP contribution in [0.1, 0.15) is 65.2 Å². The maximum Gasteiger partial charge on any atom is 0.0543 e. The second kappa shape index (κ2) is 8.08. The van der Waals surface area contributed by atoms with Crippen molar-refractivity contribution < 1.29 is 5.11 Å². The van der Waals surface area contributed by atoms with Gasteiger partial charge in [0.25, 0.3) is 0 Å². The molecule has 0 aromatic carbocycles. The smallest absolute Gasteiger partial charge is 0.0543 e. The predicted molar refractivity (Wildman–Crippen MR) is 69.6 cm³/mol. The topological polar surface area (TPSA) is 32.3 Å². The first kappa shape index (κ1) is 14.0. The van der Waals surface area contributed by atoms with Gasteiger partial charge >= 0.3 is 0 Å². The molecule has 1 aliphatic rings. The van der Waals surface area contributed by atoms with E-state index >= 15 is 0 Å². The van der Waals surface area contributed by atoms with E-state index in [1.54, 1.807) is 0 Å². The van der Waals surface area contributed by atoms with E-state index in [0.717, 1.165) is 19.4 Å². The number of hydrogen-bond acceptors (Lipinski definition) is 2. The van der Waals surface area contributed by atoms with E-state index in [4.69, 9.17) is 0 Å². The van der Waals surface area contributed by atoms with Gasteiger partial charge in [-0.3, -0.25) is 0 Å². The molecular formula is C14H29NO. The predicted octanol–water partition coefficient (Wildman–Crippen LogP) is 3.10. The zero-order valence-corrected chi connectivity index (χ0v) is 11.0. The summed E-state index contributed by atoms with van der Waals surface area (Å²) in [4.78, 5) is 0. The van der Waals surface area contributed by atoms with Crippen LogP contribution >= 0.6 is 0 Å². The van der Waals surface area contributed by atoms with Crippen molar-refractivity contribution in [1.82, 2.24) is 5.32 Å². The van der Waals surface area contributed by atoms with Crippen molar-refractivity contribution in [1.29, 1.82) is 0 Å². The lowest BCUT2D eigenvalue weighted by molar-refractivity contribution is 0.0993. The monoisotopic (exact) mass is 227 g/mol. The molecule has 16 heavy (non-hydrogen) atoms. The summed E-state index contributed by atoms with van der Waals surface area (Å²) in [5.74, 6) is 0.708. The lowest BCUT2D eigenvalue weighted by Crippen LogP contribution is -2.35. The molecule has 1 fully saturated rings. The molecule has 0 bridgehead atoms. The summed E-state index contributed by atoms with van der Waals surface area (Å²) in [5, 5.41) is 13.3. The van der Waals surface area contributed by atoms with E-state index in [-0.39, 0.29) is 6.10 Å². The van der Waals surface area contributed by atoms with Crippen LogP contribution in [0.3, 0.4) is 0 Å². The Labute approximate surface area is 101 Å². The first-order valence-corrected chi connectivity index (χ1v) is 7.17. The van der Waals surface area contributed by atoms with Crippen LogP contribution in [0.5, 0.6) is 0 Å². The SMILES string of the molecule is CCCC(CCC)NCC1CCCC(O)C1. The molecule has 1 saturated carbocycles. The minimum atomic E-state index is -0.0312. The maximum atomic E-state index is 9.62. The van der Waals surface area contributed by atoms with Gasteiger partial charge in [0.15, 0.2) is 0 Å². The van der Waals surface area contributed by atoms with E-state index < -0.39 is 0 Å². The van der Waals surface area contributed by atoms with E-state index in [1.165, 1.54) is 38.5 Å². The van der Waals surface area contributed by atoms with Crippen LogP contribution in [0.25, 0.3) is 0 Å². The first-order chi connectivity index (χ1) is 7.76. The fraction of sp³-hybridized carbons (Fsp3) is 1.00. The molecule has 0 heterocycles. The average molecular weight is 227 g/mol. The zero-order chi connectivity index (χ0) is 11.8. The summed E-state index contributed by atoms with van der Waals surface area (Å²) < 4.78 is 0. The lowest BCUT2D eigenvalue weighted by atomic mass is 9.87. The molecule has 0 aliphatic heterocycles. The summed E-state index contributed by atoms with van der Waals surface area (Å²) in [7, 11) is 0. The zero-order valence-electron chi connectivity index (χ0n) is 11.0. The third kappa shape index (κ3) is 5.31. The van der Waals surface area contributed by atoms with Gasteiger partial charge in [0.2, 0.25) is 0 Å². The number of nitrogens with one attached hydrogen (secondary N) is 1. The second-order valence-corrected chi connectivity index (χ2v) is 5.37. The quantitative estimate of drug-likeness (QED) is 0.700. The van der Waals surface area contributed by atoms with Crippen molar-refractivity contribution in [2.75, 3.05) is 6.54 Å². The molecular weight excluding hydrogens is 198 g/mol. The fourth-order valence-corrected chi connectivity index (χ4v) is 2.83. The highest BCUT2D eigenvalue weighted by Gasteiger charge is 2.20. The minimum absolute atomic E-state index is 0.0312. The molecule has 2 atom stereocenters. The molecule has 0 spiro atoms. The standard InChI is InChI=1S/C14H29NO/c1-3-6-13(7-4-2)15-11-12-8-5-9-14(16)10-12/h12-16H,3-11H2,1-2H3. The van der Waals surface area contributed by atoms with Crippen LogP contribution in [0.2, 0.25) is 0 Å². The van der Waals surface area contributed by atoms with Crippen molar-refractivity contribution in [3.8, 4) is 0 Å². The van der Waals surface area contributed by atoms with E-state index in [0.29, 0.717) is 12.0 Å². The van der Waals surface area contributed by atoms with Crippen LogP contribution in [-0.4, -0.2) is 23.8 Å². The Morgan fingerprint density at radius 2 is 1.88 bits per heavy atom. The van der Waals surface area contributed by atoms with Crippen LogP contribution in [-0.2, 0) is 0 Å². The molecule has 2 heteroatoms. The van der Waals surface area contributed by atoms with Crippen LogP contribution in [0, 0.1) is 5.92 Å². The van der Waals surface area contributed by atoms with E-state index in [2.05, 4.69) is 19.2 Å².